The first kappa shape index (κ1) is 28.5. The Balaban J connectivity index is 1.12. The summed E-state index contributed by atoms with van der Waals surface area (Å²) in [6, 6.07) is 1.67. The van der Waals surface area contributed by atoms with Gasteiger partial charge in [0.15, 0.2) is 0 Å². The Kier molecular flexibility index (Phi) is 6.40. The number of carbonyl (C=O) groups excluding carboxylic acids is 2. The number of nitrogen functional groups attached to an aromatic ring is 1. The number of ether oxygens (including phenoxy) is 1. The van der Waals surface area contributed by atoms with Crippen LogP contribution in [-0.2, 0) is 25.9 Å². The highest BCUT2D eigenvalue weighted by atomic mass is 19.4. The molecule has 0 aromatic carbocycles. The second-order valence-corrected chi connectivity index (χ2v) is 12.8. The van der Waals surface area contributed by atoms with Crippen LogP contribution in [0.3, 0.4) is 0 Å². The van der Waals surface area contributed by atoms with Gasteiger partial charge in [-0.05, 0) is 63.2 Å². The largest absolute Gasteiger partial charge is 0.416 e. The number of rotatable bonds is 6. The van der Waals surface area contributed by atoms with Gasteiger partial charge >= 0.3 is 6.18 Å². The molecule has 2 amide bonds. The zero-order valence-electron chi connectivity index (χ0n) is 24.1. The van der Waals surface area contributed by atoms with Crippen molar-refractivity contribution in [2.75, 3.05) is 24.3 Å². The van der Waals surface area contributed by atoms with Crippen LogP contribution in [0.4, 0.5) is 24.8 Å². The molecule has 4 heterocycles. The molecule has 230 valence electrons. The minimum Gasteiger partial charge on any atom is -0.382 e. The van der Waals surface area contributed by atoms with Gasteiger partial charge in [-0.3, -0.25) is 14.0 Å². The molecule has 1 atom stereocenters. The number of anilines is 2. The summed E-state index contributed by atoms with van der Waals surface area (Å²) in [6.07, 6.45) is 9.95. The molecule has 3 aromatic heterocycles. The number of pyridine rings is 1. The standard InChI is InChI=1S/C31H32F3N7O3/c1-28(16-44-17-28)27(43)40-30-9-7-29(15-30,8-10-30)26-39-22(23-24(35)37-12-13-41(23)26)18-2-4-19(5-3-18)25(42)38-21-14-20(6-11-36-21)31(32,33)34/h2-4,6,11-14,19H,5,7-10,15-17H2,1H3,(H2,35,37)(H,40,43)(H,36,38,42). The fraction of sp³-hybridized carbons (Fsp3) is 0.452. The molecule has 13 heteroatoms. The Labute approximate surface area is 251 Å². The number of nitrogens with zero attached hydrogens (tertiary/aromatic N) is 4. The molecule has 1 saturated heterocycles. The monoisotopic (exact) mass is 607 g/mol. The van der Waals surface area contributed by atoms with Crippen molar-refractivity contribution < 1.29 is 27.5 Å². The van der Waals surface area contributed by atoms with E-state index in [9.17, 15) is 22.8 Å². The van der Waals surface area contributed by atoms with Gasteiger partial charge < -0.3 is 21.1 Å². The van der Waals surface area contributed by atoms with E-state index in [4.69, 9.17) is 15.5 Å². The summed E-state index contributed by atoms with van der Waals surface area (Å²) >= 11 is 0. The minimum atomic E-state index is -4.54. The van der Waals surface area contributed by atoms with Crippen LogP contribution >= 0.6 is 0 Å². The number of nitrogens with two attached hydrogens (primary N) is 1. The second-order valence-electron chi connectivity index (χ2n) is 12.8. The van der Waals surface area contributed by atoms with Crippen molar-refractivity contribution in [3.05, 3.63) is 66.0 Å². The third-order valence-corrected chi connectivity index (χ3v) is 9.72. The molecule has 1 unspecified atom stereocenters. The van der Waals surface area contributed by atoms with Crippen LogP contribution in [0, 0.1) is 11.3 Å². The third-order valence-electron chi connectivity index (χ3n) is 9.72. The highest BCUT2D eigenvalue weighted by Gasteiger charge is 2.58. The quantitative estimate of drug-likeness (QED) is 0.377. The first-order chi connectivity index (χ1) is 20.9. The number of hydrogen-bond donors (Lipinski definition) is 3. The van der Waals surface area contributed by atoms with Crippen LogP contribution in [0.5, 0.6) is 0 Å². The van der Waals surface area contributed by atoms with E-state index in [-0.39, 0.29) is 22.7 Å². The lowest BCUT2D eigenvalue weighted by molar-refractivity contribution is -0.159. The van der Waals surface area contributed by atoms with Crippen molar-refractivity contribution in [2.24, 2.45) is 11.3 Å². The van der Waals surface area contributed by atoms with Gasteiger partial charge in [0.1, 0.15) is 23.0 Å². The molecule has 2 bridgehead atoms. The van der Waals surface area contributed by atoms with Gasteiger partial charge in [-0.2, -0.15) is 13.2 Å². The van der Waals surface area contributed by atoms with Crippen LogP contribution in [0.1, 0.15) is 62.5 Å². The van der Waals surface area contributed by atoms with Crippen molar-refractivity contribution in [3.63, 3.8) is 0 Å². The first-order valence-electron chi connectivity index (χ1n) is 14.7. The molecule has 1 aliphatic heterocycles. The number of imidazole rings is 1. The summed E-state index contributed by atoms with van der Waals surface area (Å²) < 4.78 is 46.6. The predicted octanol–water partition coefficient (Wildman–Crippen LogP) is 4.43. The maximum atomic E-state index is 13.1. The van der Waals surface area contributed by atoms with Crippen LogP contribution < -0.4 is 16.4 Å². The molecule has 3 aromatic rings. The molecule has 3 fully saturated rings. The Morgan fingerprint density at radius 2 is 1.91 bits per heavy atom. The van der Waals surface area contributed by atoms with E-state index in [1.54, 1.807) is 18.3 Å². The van der Waals surface area contributed by atoms with E-state index in [1.807, 2.05) is 23.6 Å². The smallest absolute Gasteiger partial charge is 0.382 e. The molecule has 4 aliphatic rings. The summed E-state index contributed by atoms with van der Waals surface area (Å²) in [5.41, 5.74) is 6.62. The van der Waals surface area contributed by atoms with Crippen molar-refractivity contribution >= 4 is 34.5 Å². The highest BCUT2D eigenvalue weighted by Crippen LogP contribution is 2.58. The van der Waals surface area contributed by atoms with E-state index >= 15 is 0 Å². The highest BCUT2D eigenvalue weighted by molar-refractivity contribution is 5.95. The Morgan fingerprint density at radius 3 is 2.57 bits per heavy atom. The molecule has 0 spiro atoms. The molecule has 10 nitrogen and oxygen atoms in total. The average Bonchev–Trinajstić information content (AvgIpc) is 3.67. The van der Waals surface area contributed by atoms with E-state index in [1.165, 1.54) is 0 Å². The minimum absolute atomic E-state index is 0.0449. The zero-order chi connectivity index (χ0) is 30.9. The van der Waals surface area contributed by atoms with Crippen LogP contribution in [0.15, 0.2) is 49.0 Å². The lowest BCUT2D eigenvalue weighted by atomic mass is 9.82. The van der Waals surface area contributed by atoms with Crippen molar-refractivity contribution in [1.29, 1.82) is 0 Å². The SMILES string of the molecule is CC1(C(=O)NC23CCC(c4nc(C5=CCC(C(=O)Nc6cc(C(F)(F)F)ccn6)C=C5)c5c(N)nccn45)(CC2)C3)COC1. The zero-order valence-corrected chi connectivity index (χ0v) is 24.1. The third kappa shape index (κ3) is 4.64. The van der Waals surface area contributed by atoms with Gasteiger partial charge in [-0.25, -0.2) is 15.0 Å². The molecule has 4 N–H and O–H groups in total. The second kappa shape index (κ2) is 9.88. The Bertz CT molecular complexity index is 1730. The number of nitrogens with one attached hydrogen (secondary N) is 2. The molecule has 3 aliphatic carbocycles. The Hall–Kier alpha value is -4.26. The summed E-state index contributed by atoms with van der Waals surface area (Å²) in [7, 11) is 0. The molecule has 0 radical (unpaired) electrons. The fourth-order valence-electron chi connectivity index (χ4n) is 7.14. The maximum absolute atomic E-state index is 13.1. The number of aromatic nitrogens is 4. The topological polar surface area (TPSA) is 137 Å². The number of hydrogen-bond acceptors (Lipinski definition) is 7. The lowest BCUT2D eigenvalue weighted by Crippen LogP contribution is -2.57. The van der Waals surface area contributed by atoms with Crippen molar-refractivity contribution in [1.82, 2.24) is 24.7 Å². The van der Waals surface area contributed by atoms with Crippen LogP contribution in [-0.4, -0.2) is 49.9 Å². The van der Waals surface area contributed by atoms with Gasteiger partial charge in [0.05, 0.1) is 35.8 Å². The number of fused-ring (bicyclic) bond motifs is 3. The van der Waals surface area contributed by atoms with E-state index in [2.05, 4.69) is 20.6 Å². The van der Waals surface area contributed by atoms with Gasteiger partial charge in [-0.1, -0.05) is 18.2 Å². The summed E-state index contributed by atoms with van der Waals surface area (Å²) in [4.78, 5) is 39.3. The van der Waals surface area contributed by atoms with Crippen molar-refractivity contribution in [2.45, 2.75) is 62.6 Å². The molecule has 7 rings (SSSR count). The van der Waals surface area contributed by atoms with E-state index < -0.39 is 29.0 Å². The predicted molar refractivity (Wildman–Crippen MR) is 155 cm³/mol. The van der Waals surface area contributed by atoms with E-state index in [0.717, 1.165) is 61.8 Å². The van der Waals surface area contributed by atoms with Gasteiger partial charge in [0.25, 0.3) is 0 Å². The number of amides is 2. The average molecular weight is 608 g/mol. The summed E-state index contributed by atoms with van der Waals surface area (Å²) in [5, 5.41) is 5.87. The summed E-state index contributed by atoms with van der Waals surface area (Å²) in [5.74, 6) is 0.0322. The van der Waals surface area contributed by atoms with Crippen molar-refractivity contribution in [3.8, 4) is 0 Å². The fourth-order valence-corrected chi connectivity index (χ4v) is 7.14. The normalized spacial score (nSPS) is 27.2. The molecular weight excluding hydrogens is 575 g/mol. The van der Waals surface area contributed by atoms with Crippen LogP contribution in [0.2, 0.25) is 0 Å². The summed E-state index contributed by atoms with van der Waals surface area (Å²) in [6.45, 7) is 2.81. The maximum Gasteiger partial charge on any atom is 0.416 e. The van der Waals surface area contributed by atoms with Gasteiger partial charge in [0.2, 0.25) is 11.8 Å². The molecular formula is C31H32F3N7O3. The van der Waals surface area contributed by atoms with E-state index in [0.29, 0.717) is 36.7 Å². The Morgan fingerprint density at radius 1 is 1.14 bits per heavy atom. The molecule has 44 heavy (non-hydrogen) atoms. The van der Waals surface area contributed by atoms with Gasteiger partial charge in [0, 0.05) is 29.5 Å². The van der Waals surface area contributed by atoms with Crippen LogP contribution in [0.25, 0.3) is 11.1 Å². The lowest BCUT2D eigenvalue weighted by Gasteiger charge is -2.40. The molecule has 2 saturated carbocycles. The number of halogens is 3. The number of carbonyl (C=O) groups is 2. The number of allylic oxidation sites excluding steroid dienone is 3. The number of alkyl halides is 3. The first-order valence-corrected chi connectivity index (χ1v) is 14.7. The van der Waals surface area contributed by atoms with Gasteiger partial charge in [-0.15, -0.1) is 0 Å².